The van der Waals surface area contributed by atoms with Crippen LogP contribution in [0.3, 0.4) is 0 Å². The maximum Gasteiger partial charge on any atom is 0.416 e. The van der Waals surface area contributed by atoms with Gasteiger partial charge < -0.3 is 4.52 Å². The van der Waals surface area contributed by atoms with Crippen molar-refractivity contribution < 1.29 is 26.1 Å². The molecule has 0 amide bonds. The summed E-state index contributed by atoms with van der Waals surface area (Å²) in [7, 11) is -4.30. The minimum atomic E-state index is -4.77. The summed E-state index contributed by atoms with van der Waals surface area (Å²) in [6.07, 6.45) is -3.78. The van der Waals surface area contributed by atoms with E-state index in [1.54, 1.807) is 6.92 Å². The molecule has 30 heavy (non-hydrogen) atoms. The number of hydrogen-bond acceptors (Lipinski definition) is 7. The van der Waals surface area contributed by atoms with Crippen LogP contribution >= 0.6 is 0 Å². The molecule has 0 bridgehead atoms. The van der Waals surface area contributed by atoms with Crippen LogP contribution in [-0.2, 0) is 16.2 Å². The van der Waals surface area contributed by atoms with Gasteiger partial charge in [-0.15, -0.1) is 0 Å². The molecular weight excluding hydrogens is 429 g/mol. The molecule has 0 saturated carbocycles. The van der Waals surface area contributed by atoms with Crippen LogP contribution in [0, 0.1) is 6.92 Å². The fraction of sp³-hybridized carbons (Fsp3) is 0.125. The molecule has 4 rings (SSSR count). The predicted octanol–water partition coefficient (Wildman–Crippen LogP) is 2.43. The maximum absolute atomic E-state index is 13.3. The summed E-state index contributed by atoms with van der Waals surface area (Å²) in [5.74, 6) is -0.185. The highest BCUT2D eigenvalue weighted by molar-refractivity contribution is 7.92. The van der Waals surface area contributed by atoms with Gasteiger partial charge in [-0.3, -0.25) is 9.71 Å². The fourth-order valence-electron chi connectivity index (χ4n) is 2.68. The van der Waals surface area contributed by atoms with Crippen LogP contribution in [0.5, 0.6) is 0 Å². The maximum atomic E-state index is 13.3. The standard InChI is InChI=1S/C16H11F3N6O4S/c1-7-12-5-11(6-20-14(12)29-24-7)30(27,28)25-10-3-8(13-21-15(26)23-22-13)2-9(4-10)16(17,18)19/h2-6,25H,1H3,(H2,21,22,23,26). The van der Waals surface area contributed by atoms with Crippen molar-refractivity contribution in [3.63, 3.8) is 0 Å². The third-order valence-electron chi connectivity index (χ3n) is 4.08. The van der Waals surface area contributed by atoms with E-state index < -0.39 is 27.5 Å². The molecule has 10 nitrogen and oxygen atoms in total. The van der Waals surface area contributed by atoms with Crippen molar-refractivity contribution in [1.29, 1.82) is 0 Å². The molecule has 0 aliphatic heterocycles. The Labute approximate surface area is 165 Å². The quantitative estimate of drug-likeness (QED) is 0.442. The number of sulfonamides is 1. The minimum Gasteiger partial charge on any atom is -0.336 e. The lowest BCUT2D eigenvalue weighted by Gasteiger charge is -2.13. The first-order valence-corrected chi connectivity index (χ1v) is 9.63. The van der Waals surface area contributed by atoms with Gasteiger partial charge in [0.15, 0.2) is 5.82 Å². The number of aromatic amines is 2. The number of halogens is 3. The highest BCUT2D eigenvalue weighted by atomic mass is 32.2. The second kappa shape index (κ2) is 6.69. The Morgan fingerprint density at radius 1 is 1.17 bits per heavy atom. The molecule has 3 aromatic heterocycles. The molecule has 1 aromatic carbocycles. The van der Waals surface area contributed by atoms with E-state index >= 15 is 0 Å². The van der Waals surface area contributed by atoms with Gasteiger partial charge in [-0.2, -0.15) is 18.3 Å². The number of aryl methyl sites for hydroxylation is 1. The molecule has 0 atom stereocenters. The van der Waals surface area contributed by atoms with Crippen molar-refractivity contribution in [1.82, 2.24) is 25.3 Å². The number of fused-ring (bicyclic) bond motifs is 1. The van der Waals surface area contributed by atoms with E-state index in [0.717, 1.165) is 18.3 Å². The second-order valence-electron chi connectivity index (χ2n) is 6.22. The fourth-order valence-corrected chi connectivity index (χ4v) is 3.69. The van der Waals surface area contributed by atoms with Crippen molar-refractivity contribution in [2.24, 2.45) is 0 Å². The topological polar surface area (TPSA) is 147 Å². The highest BCUT2D eigenvalue weighted by Gasteiger charge is 2.32. The van der Waals surface area contributed by atoms with E-state index in [0.29, 0.717) is 17.1 Å². The lowest BCUT2D eigenvalue weighted by Crippen LogP contribution is -2.14. The van der Waals surface area contributed by atoms with Crippen molar-refractivity contribution in [3.05, 3.63) is 52.2 Å². The number of hydrogen-bond donors (Lipinski definition) is 3. The van der Waals surface area contributed by atoms with Gasteiger partial charge in [-0.05, 0) is 31.2 Å². The van der Waals surface area contributed by atoms with Gasteiger partial charge in [0.2, 0.25) is 0 Å². The van der Waals surface area contributed by atoms with Gasteiger partial charge in [-0.25, -0.2) is 23.3 Å². The average Bonchev–Trinajstić information content (AvgIpc) is 3.26. The first-order valence-electron chi connectivity index (χ1n) is 8.15. The van der Waals surface area contributed by atoms with Gasteiger partial charge in [0, 0.05) is 5.56 Å². The third kappa shape index (κ3) is 3.63. The zero-order valence-corrected chi connectivity index (χ0v) is 15.7. The Morgan fingerprint density at radius 2 is 1.93 bits per heavy atom. The molecule has 3 N–H and O–H groups in total. The average molecular weight is 440 g/mol. The minimum absolute atomic E-state index is 0.121. The number of H-pyrrole nitrogens is 2. The van der Waals surface area contributed by atoms with Crippen LogP contribution in [0.1, 0.15) is 11.3 Å². The third-order valence-corrected chi connectivity index (χ3v) is 5.43. The molecule has 0 aliphatic carbocycles. The highest BCUT2D eigenvalue weighted by Crippen LogP contribution is 2.34. The number of alkyl halides is 3. The van der Waals surface area contributed by atoms with E-state index in [4.69, 9.17) is 4.52 Å². The largest absolute Gasteiger partial charge is 0.416 e. The van der Waals surface area contributed by atoms with Crippen LogP contribution in [0.4, 0.5) is 18.9 Å². The zero-order chi connectivity index (χ0) is 21.7. The van der Waals surface area contributed by atoms with E-state index in [1.165, 1.54) is 6.07 Å². The van der Waals surface area contributed by atoms with Crippen molar-refractivity contribution in [3.8, 4) is 11.4 Å². The number of nitrogens with one attached hydrogen (secondary N) is 3. The molecule has 0 saturated heterocycles. The SMILES string of the molecule is Cc1noc2ncc(S(=O)(=O)Nc3cc(-c4n[nH]c(=O)[nH]4)cc(C(F)(F)F)c3)cc12. The Morgan fingerprint density at radius 3 is 2.60 bits per heavy atom. The molecule has 0 unspecified atom stereocenters. The summed E-state index contributed by atoms with van der Waals surface area (Å²) in [5.41, 5.74) is -1.87. The normalized spacial score (nSPS) is 12.4. The molecule has 14 heteroatoms. The van der Waals surface area contributed by atoms with Gasteiger partial charge >= 0.3 is 11.9 Å². The monoisotopic (exact) mass is 440 g/mol. The molecule has 156 valence electrons. The first kappa shape index (κ1) is 19.6. The smallest absolute Gasteiger partial charge is 0.336 e. The van der Waals surface area contributed by atoms with Gasteiger partial charge in [0.05, 0.1) is 28.5 Å². The summed E-state index contributed by atoms with van der Waals surface area (Å²) >= 11 is 0. The predicted molar refractivity (Wildman–Crippen MR) is 97.0 cm³/mol. The number of anilines is 1. The summed E-state index contributed by atoms with van der Waals surface area (Å²) in [6.45, 7) is 1.58. The van der Waals surface area contributed by atoms with Gasteiger partial charge in [-0.1, -0.05) is 5.16 Å². The lowest BCUT2D eigenvalue weighted by atomic mass is 10.1. The van der Waals surface area contributed by atoms with Crippen LogP contribution in [0.25, 0.3) is 22.5 Å². The number of aromatic nitrogens is 5. The van der Waals surface area contributed by atoms with Gasteiger partial charge in [0.25, 0.3) is 15.7 Å². The van der Waals surface area contributed by atoms with E-state index in [1.807, 2.05) is 5.10 Å². The van der Waals surface area contributed by atoms with Crippen LogP contribution < -0.4 is 10.4 Å². The molecule has 0 spiro atoms. The van der Waals surface area contributed by atoms with Crippen molar-refractivity contribution in [2.45, 2.75) is 18.0 Å². The molecule has 0 radical (unpaired) electrons. The Hall–Kier alpha value is -3.68. The van der Waals surface area contributed by atoms with Crippen LogP contribution in [-0.4, -0.2) is 33.7 Å². The molecular formula is C16H11F3N6O4S. The van der Waals surface area contributed by atoms with Crippen molar-refractivity contribution in [2.75, 3.05) is 4.72 Å². The van der Waals surface area contributed by atoms with E-state index in [-0.39, 0.29) is 27.7 Å². The van der Waals surface area contributed by atoms with Gasteiger partial charge in [0.1, 0.15) is 4.90 Å². The first-order chi connectivity index (χ1) is 14.0. The summed E-state index contributed by atoms with van der Waals surface area (Å²) in [5, 5.41) is 9.63. The number of nitrogens with zero attached hydrogens (tertiary/aromatic N) is 3. The molecule has 3 heterocycles. The Bertz CT molecular complexity index is 1420. The molecule has 0 fully saturated rings. The van der Waals surface area contributed by atoms with Crippen LogP contribution in [0.2, 0.25) is 0 Å². The number of benzene rings is 1. The molecule has 4 aromatic rings. The van der Waals surface area contributed by atoms with E-state index in [9.17, 15) is 26.4 Å². The number of rotatable bonds is 4. The number of pyridine rings is 1. The molecule has 0 aliphatic rings. The summed E-state index contributed by atoms with van der Waals surface area (Å²) in [6, 6.07) is 3.71. The zero-order valence-electron chi connectivity index (χ0n) is 14.9. The summed E-state index contributed by atoms with van der Waals surface area (Å²) in [4.78, 5) is 17.0. The van der Waals surface area contributed by atoms with Crippen molar-refractivity contribution >= 4 is 26.8 Å². The van der Waals surface area contributed by atoms with E-state index in [2.05, 4.69) is 24.9 Å². The Balaban J connectivity index is 1.78. The Kier molecular flexibility index (Phi) is 4.38. The second-order valence-corrected chi connectivity index (χ2v) is 7.90. The van der Waals surface area contributed by atoms with Crippen LogP contribution in [0.15, 0.2) is 44.7 Å². The summed E-state index contributed by atoms with van der Waals surface area (Å²) < 4.78 is 72.4. The lowest BCUT2D eigenvalue weighted by molar-refractivity contribution is -0.137.